The molecule has 1 aromatic carbocycles. The Bertz CT molecular complexity index is 376. The summed E-state index contributed by atoms with van der Waals surface area (Å²) in [6.45, 7) is 2.60. The first-order chi connectivity index (χ1) is 8.83. The molecule has 1 aliphatic heterocycles. The molecule has 0 aromatic heterocycles. The van der Waals surface area contributed by atoms with Crippen LogP contribution < -0.4 is 5.73 Å². The molecule has 1 aromatic rings. The summed E-state index contributed by atoms with van der Waals surface area (Å²) in [5.74, 6) is 1.01. The molecule has 2 nitrogen and oxygen atoms in total. The third kappa shape index (κ3) is 2.60. The van der Waals surface area contributed by atoms with Gasteiger partial charge in [0.25, 0.3) is 0 Å². The number of likely N-dealkylation sites (tertiary alicyclic amines) is 1. The quantitative estimate of drug-likeness (QED) is 0.863. The van der Waals surface area contributed by atoms with Gasteiger partial charge in [-0.15, -0.1) is 0 Å². The van der Waals surface area contributed by atoms with Gasteiger partial charge in [-0.2, -0.15) is 0 Å². The fraction of sp³-hybridized carbons (Fsp3) is 0.625. The highest BCUT2D eigenvalue weighted by Crippen LogP contribution is 2.37. The zero-order chi connectivity index (χ0) is 12.4. The normalized spacial score (nSPS) is 28.7. The Morgan fingerprint density at radius 2 is 2.06 bits per heavy atom. The lowest BCUT2D eigenvalue weighted by Crippen LogP contribution is -2.33. The molecule has 1 aliphatic carbocycles. The zero-order valence-electron chi connectivity index (χ0n) is 11.1. The molecule has 3 rings (SSSR count). The SMILES string of the molecule is NC(CCCN1CC2CCC1C2)c1ccccc1. The molecule has 1 heterocycles. The van der Waals surface area contributed by atoms with E-state index in [1.54, 1.807) is 0 Å². The van der Waals surface area contributed by atoms with Crippen LogP contribution >= 0.6 is 0 Å². The van der Waals surface area contributed by atoms with Crippen molar-refractivity contribution in [3.63, 3.8) is 0 Å². The average Bonchev–Trinajstić information content (AvgIpc) is 3.02. The van der Waals surface area contributed by atoms with Crippen molar-refractivity contribution in [1.29, 1.82) is 0 Å². The van der Waals surface area contributed by atoms with Crippen LogP contribution in [0, 0.1) is 5.92 Å². The van der Waals surface area contributed by atoms with Gasteiger partial charge in [-0.3, -0.25) is 0 Å². The van der Waals surface area contributed by atoms with E-state index in [0.717, 1.165) is 18.4 Å². The van der Waals surface area contributed by atoms with Gasteiger partial charge in [0, 0.05) is 18.6 Å². The fourth-order valence-electron chi connectivity index (χ4n) is 3.68. The van der Waals surface area contributed by atoms with Crippen LogP contribution in [0.2, 0.25) is 0 Å². The molecule has 98 valence electrons. The lowest BCUT2D eigenvalue weighted by Gasteiger charge is -2.27. The second kappa shape index (κ2) is 5.41. The molecular formula is C16H24N2. The van der Waals surface area contributed by atoms with Gasteiger partial charge < -0.3 is 10.6 Å². The Balaban J connectivity index is 1.42. The van der Waals surface area contributed by atoms with Crippen LogP contribution in [0.5, 0.6) is 0 Å². The smallest absolute Gasteiger partial charge is 0.0295 e. The number of benzene rings is 1. The number of nitrogens with zero attached hydrogens (tertiary/aromatic N) is 1. The number of rotatable bonds is 5. The molecule has 18 heavy (non-hydrogen) atoms. The van der Waals surface area contributed by atoms with Crippen LogP contribution in [0.1, 0.15) is 43.7 Å². The summed E-state index contributed by atoms with van der Waals surface area (Å²) in [6.07, 6.45) is 6.72. The summed E-state index contributed by atoms with van der Waals surface area (Å²) in [6, 6.07) is 11.6. The second-order valence-electron chi connectivity index (χ2n) is 5.99. The predicted molar refractivity (Wildman–Crippen MR) is 75.3 cm³/mol. The highest BCUT2D eigenvalue weighted by molar-refractivity contribution is 5.18. The second-order valence-corrected chi connectivity index (χ2v) is 5.99. The van der Waals surface area contributed by atoms with Crippen molar-refractivity contribution in [2.75, 3.05) is 13.1 Å². The summed E-state index contributed by atoms with van der Waals surface area (Å²) in [5, 5.41) is 0. The lowest BCUT2D eigenvalue weighted by molar-refractivity contribution is 0.208. The van der Waals surface area contributed by atoms with Crippen molar-refractivity contribution in [2.24, 2.45) is 11.7 Å². The van der Waals surface area contributed by atoms with Crippen molar-refractivity contribution in [3.05, 3.63) is 35.9 Å². The van der Waals surface area contributed by atoms with E-state index in [2.05, 4.69) is 35.2 Å². The molecule has 2 N–H and O–H groups in total. The maximum absolute atomic E-state index is 6.24. The monoisotopic (exact) mass is 244 g/mol. The van der Waals surface area contributed by atoms with Gasteiger partial charge >= 0.3 is 0 Å². The van der Waals surface area contributed by atoms with Crippen molar-refractivity contribution < 1.29 is 0 Å². The van der Waals surface area contributed by atoms with E-state index in [-0.39, 0.29) is 6.04 Å². The molecule has 1 saturated heterocycles. The first kappa shape index (κ1) is 12.2. The minimum Gasteiger partial charge on any atom is -0.324 e. The summed E-state index contributed by atoms with van der Waals surface area (Å²) in [4.78, 5) is 2.70. The molecule has 2 fully saturated rings. The number of piperidine rings is 1. The highest BCUT2D eigenvalue weighted by atomic mass is 15.2. The fourth-order valence-corrected chi connectivity index (χ4v) is 3.68. The maximum atomic E-state index is 6.24. The Kier molecular flexibility index (Phi) is 3.67. The summed E-state index contributed by atoms with van der Waals surface area (Å²) in [5.41, 5.74) is 7.52. The Labute approximate surface area is 110 Å². The number of hydrogen-bond acceptors (Lipinski definition) is 2. The van der Waals surface area contributed by atoms with Gasteiger partial charge in [0.1, 0.15) is 0 Å². The summed E-state index contributed by atoms with van der Waals surface area (Å²) < 4.78 is 0. The minimum absolute atomic E-state index is 0.214. The summed E-state index contributed by atoms with van der Waals surface area (Å²) >= 11 is 0. The maximum Gasteiger partial charge on any atom is 0.0295 e. The van der Waals surface area contributed by atoms with Crippen LogP contribution in [0.4, 0.5) is 0 Å². The molecule has 3 atom stereocenters. The molecule has 0 radical (unpaired) electrons. The lowest BCUT2D eigenvalue weighted by atomic mass is 10.0. The van der Waals surface area contributed by atoms with Gasteiger partial charge in [-0.1, -0.05) is 30.3 Å². The van der Waals surface area contributed by atoms with Crippen LogP contribution in [0.15, 0.2) is 30.3 Å². The molecule has 1 saturated carbocycles. The van der Waals surface area contributed by atoms with E-state index in [9.17, 15) is 0 Å². The van der Waals surface area contributed by atoms with Crippen molar-refractivity contribution in [2.45, 2.75) is 44.2 Å². The van der Waals surface area contributed by atoms with Crippen LogP contribution in [-0.4, -0.2) is 24.0 Å². The Hall–Kier alpha value is -0.860. The minimum atomic E-state index is 0.214. The molecule has 2 aliphatic rings. The topological polar surface area (TPSA) is 29.3 Å². The van der Waals surface area contributed by atoms with Crippen LogP contribution in [0.3, 0.4) is 0 Å². The van der Waals surface area contributed by atoms with Gasteiger partial charge in [-0.25, -0.2) is 0 Å². The van der Waals surface area contributed by atoms with Crippen LogP contribution in [-0.2, 0) is 0 Å². The standard InChI is InChI=1S/C16H24N2/c17-16(14-5-2-1-3-6-14)7-4-10-18-12-13-8-9-15(18)11-13/h1-3,5-6,13,15-16H,4,7-12,17H2. The molecule has 2 heteroatoms. The van der Waals surface area contributed by atoms with Crippen molar-refractivity contribution >= 4 is 0 Å². The van der Waals surface area contributed by atoms with Gasteiger partial charge in [0.2, 0.25) is 0 Å². The molecular weight excluding hydrogens is 220 g/mol. The first-order valence-corrected chi connectivity index (χ1v) is 7.37. The van der Waals surface area contributed by atoms with E-state index >= 15 is 0 Å². The van der Waals surface area contributed by atoms with Crippen molar-refractivity contribution in [3.8, 4) is 0 Å². The van der Waals surface area contributed by atoms with E-state index in [1.807, 2.05) is 0 Å². The average molecular weight is 244 g/mol. The van der Waals surface area contributed by atoms with Gasteiger partial charge in [-0.05, 0) is 50.1 Å². The van der Waals surface area contributed by atoms with E-state index in [0.29, 0.717) is 0 Å². The van der Waals surface area contributed by atoms with Crippen LogP contribution in [0.25, 0.3) is 0 Å². The van der Waals surface area contributed by atoms with E-state index in [1.165, 1.54) is 44.3 Å². The molecule has 0 spiro atoms. The summed E-state index contributed by atoms with van der Waals surface area (Å²) in [7, 11) is 0. The predicted octanol–water partition coefficient (Wildman–Crippen LogP) is 2.95. The van der Waals surface area contributed by atoms with E-state index in [4.69, 9.17) is 5.73 Å². The third-order valence-corrected chi connectivity index (χ3v) is 4.71. The van der Waals surface area contributed by atoms with Gasteiger partial charge in [0.15, 0.2) is 0 Å². The number of fused-ring (bicyclic) bond motifs is 2. The Morgan fingerprint density at radius 1 is 1.22 bits per heavy atom. The largest absolute Gasteiger partial charge is 0.324 e. The van der Waals surface area contributed by atoms with Gasteiger partial charge in [0.05, 0.1) is 0 Å². The molecule has 3 unspecified atom stereocenters. The van der Waals surface area contributed by atoms with E-state index < -0.39 is 0 Å². The number of nitrogens with two attached hydrogens (primary N) is 1. The molecule has 0 amide bonds. The number of hydrogen-bond donors (Lipinski definition) is 1. The van der Waals surface area contributed by atoms with Crippen molar-refractivity contribution in [1.82, 2.24) is 4.90 Å². The highest BCUT2D eigenvalue weighted by Gasteiger charge is 2.36. The zero-order valence-corrected chi connectivity index (χ0v) is 11.1. The Morgan fingerprint density at radius 3 is 2.72 bits per heavy atom. The third-order valence-electron chi connectivity index (χ3n) is 4.71. The molecule has 2 bridgehead atoms. The first-order valence-electron chi connectivity index (χ1n) is 7.37.